The van der Waals surface area contributed by atoms with Gasteiger partial charge in [-0.25, -0.2) is 4.99 Å². The molecule has 0 radical (unpaired) electrons. The van der Waals surface area contributed by atoms with E-state index in [1.165, 1.54) is 11.8 Å². The van der Waals surface area contributed by atoms with Gasteiger partial charge >= 0.3 is 0 Å². The molecule has 0 aromatic rings. The largest absolute Gasteiger partial charge is 0.322 e. The van der Waals surface area contributed by atoms with E-state index in [9.17, 15) is 4.79 Å². The summed E-state index contributed by atoms with van der Waals surface area (Å²) in [5.41, 5.74) is 1.37. The third-order valence-electron chi connectivity index (χ3n) is 1.77. The Morgan fingerprint density at radius 2 is 2.50 bits per heavy atom. The second-order valence-corrected chi connectivity index (χ2v) is 3.43. The molecule has 1 aliphatic carbocycles. The van der Waals surface area contributed by atoms with Crippen molar-refractivity contribution in [3.05, 3.63) is 23.8 Å². The summed E-state index contributed by atoms with van der Waals surface area (Å²) < 4.78 is 0. The van der Waals surface area contributed by atoms with Crippen LogP contribution in [0.5, 0.6) is 0 Å². The van der Waals surface area contributed by atoms with Crippen LogP contribution in [0.2, 0.25) is 0 Å². The molecule has 0 aromatic heterocycles. The van der Waals surface area contributed by atoms with E-state index >= 15 is 0 Å². The van der Waals surface area contributed by atoms with E-state index < -0.39 is 0 Å². The maximum Gasteiger partial charge on any atom is 0.255 e. The Kier molecular flexibility index (Phi) is 1.77. The molecule has 62 valence electrons. The van der Waals surface area contributed by atoms with Gasteiger partial charge in [0.05, 0.1) is 11.3 Å². The summed E-state index contributed by atoms with van der Waals surface area (Å²) >= 11 is 1.52. The Labute approximate surface area is 74.6 Å². The molecule has 0 bridgehead atoms. The smallest absolute Gasteiger partial charge is 0.255 e. The number of rotatable bonds is 1. The molecule has 0 fully saturated rings. The Morgan fingerprint density at radius 3 is 3.25 bits per heavy atom. The van der Waals surface area contributed by atoms with Crippen LogP contribution in [0.1, 0.15) is 0 Å². The van der Waals surface area contributed by atoms with E-state index in [2.05, 4.69) is 10.3 Å². The minimum atomic E-state index is -0.118. The molecule has 0 aromatic carbocycles. The van der Waals surface area contributed by atoms with Gasteiger partial charge in [0.15, 0.2) is 5.50 Å². The van der Waals surface area contributed by atoms with Crippen LogP contribution in [-0.4, -0.2) is 23.4 Å². The number of carbonyl (C=O) groups is 1. The molecule has 1 heterocycles. The third-order valence-corrected chi connectivity index (χ3v) is 2.44. The van der Waals surface area contributed by atoms with Crippen LogP contribution >= 0.6 is 11.8 Å². The van der Waals surface area contributed by atoms with Crippen molar-refractivity contribution < 1.29 is 4.79 Å². The highest BCUT2D eigenvalue weighted by Gasteiger charge is 2.24. The third kappa shape index (κ3) is 1.08. The van der Waals surface area contributed by atoms with Crippen molar-refractivity contribution in [3.8, 4) is 0 Å². The number of aliphatic imine (C=N–C) groups is 1. The van der Waals surface area contributed by atoms with E-state index in [-0.39, 0.29) is 11.4 Å². The van der Waals surface area contributed by atoms with Gasteiger partial charge in [-0.05, 0) is 18.4 Å². The van der Waals surface area contributed by atoms with Gasteiger partial charge in [-0.1, -0.05) is 6.08 Å². The molecule has 4 heteroatoms. The van der Waals surface area contributed by atoms with Crippen molar-refractivity contribution in [3.63, 3.8) is 0 Å². The number of thioether (sulfide) groups is 1. The fourth-order valence-electron chi connectivity index (χ4n) is 1.18. The van der Waals surface area contributed by atoms with E-state index in [4.69, 9.17) is 0 Å². The topological polar surface area (TPSA) is 41.5 Å². The molecule has 1 N–H and O–H groups in total. The Morgan fingerprint density at radius 1 is 1.67 bits per heavy atom. The molecule has 1 unspecified atom stereocenters. The first kappa shape index (κ1) is 7.61. The highest BCUT2D eigenvalue weighted by atomic mass is 32.2. The van der Waals surface area contributed by atoms with Crippen LogP contribution in [-0.2, 0) is 4.79 Å². The van der Waals surface area contributed by atoms with Gasteiger partial charge < -0.3 is 5.32 Å². The molecule has 0 saturated carbocycles. The summed E-state index contributed by atoms with van der Waals surface area (Å²) in [6.45, 7) is 0. The van der Waals surface area contributed by atoms with Gasteiger partial charge in [0.1, 0.15) is 0 Å². The van der Waals surface area contributed by atoms with Crippen LogP contribution < -0.4 is 5.32 Å². The zero-order valence-electron chi connectivity index (χ0n) is 6.57. The molecular formula is C8H8N2OS. The predicted octanol–water partition coefficient (Wildman–Crippen LogP) is 0.700. The number of hydrogen-bond acceptors (Lipinski definition) is 3. The van der Waals surface area contributed by atoms with Crippen LogP contribution in [0.15, 0.2) is 28.8 Å². The predicted molar refractivity (Wildman–Crippen MR) is 50.1 cm³/mol. The lowest BCUT2D eigenvalue weighted by Crippen LogP contribution is -2.38. The van der Waals surface area contributed by atoms with Crippen LogP contribution in [0, 0.1) is 0 Å². The summed E-state index contributed by atoms with van der Waals surface area (Å²) in [5, 5.41) is 2.77. The Bertz CT molecular complexity index is 317. The number of carbonyl (C=O) groups excluding carboxylic acids is 1. The van der Waals surface area contributed by atoms with E-state index in [0.717, 1.165) is 5.71 Å². The van der Waals surface area contributed by atoms with Gasteiger partial charge in [0.2, 0.25) is 0 Å². The van der Waals surface area contributed by atoms with Crippen molar-refractivity contribution in [1.29, 1.82) is 0 Å². The number of hydrogen-bond donors (Lipinski definition) is 1. The van der Waals surface area contributed by atoms with E-state index in [1.54, 1.807) is 6.08 Å². The Hall–Kier alpha value is -1.03. The highest BCUT2D eigenvalue weighted by Crippen LogP contribution is 2.18. The molecule has 3 nitrogen and oxygen atoms in total. The molecular weight excluding hydrogens is 172 g/mol. The lowest BCUT2D eigenvalue weighted by molar-refractivity contribution is -0.117. The fourth-order valence-corrected chi connectivity index (χ4v) is 1.62. The number of nitrogens with one attached hydrogen (secondary N) is 1. The van der Waals surface area contributed by atoms with Gasteiger partial charge in [0, 0.05) is 0 Å². The standard InChI is InChI=1S/C8H8N2OS/c1-12-8-9-6-4-2-3-5(6)7(11)10-8/h2-4,8H,1H3,(H,10,11). The minimum absolute atomic E-state index is 0.0237. The monoisotopic (exact) mass is 180 g/mol. The summed E-state index contributed by atoms with van der Waals surface area (Å²) in [5.74, 6) is -0.0237. The second-order valence-electron chi connectivity index (χ2n) is 2.52. The van der Waals surface area contributed by atoms with Crippen molar-refractivity contribution in [2.24, 2.45) is 4.99 Å². The number of allylic oxidation sites excluding steroid dienone is 3. The molecule has 1 aliphatic heterocycles. The maximum atomic E-state index is 11.3. The zero-order valence-corrected chi connectivity index (χ0v) is 7.39. The number of nitrogens with zero attached hydrogens (tertiary/aromatic N) is 1. The van der Waals surface area contributed by atoms with Crippen molar-refractivity contribution in [1.82, 2.24) is 5.32 Å². The van der Waals surface area contributed by atoms with Gasteiger partial charge in [-0.15, -0.1) is 11.8 Å². The van der Waals surface area contributed by atoms with Crippen molar-refractivity contribution in [2.75, 3.05) is 6.26 Å². The minimum Gasteiger partial charge on any atom is -0.322 e. The van der Waals surface area contributed by atoms with Crippen LogP contribution in [0.25, 0.3) is 0 Å². The van der Waals surface area contributed by atoms with Crippen molar-refractivity contribution in [2.45, 2.75) is 5.50 Å². The lowest BCUT2D eigenvalue weighted by atomic mass is 10.2. The van der Waals surface area contributed by atoms with Crippen LogP contribution in [0.4, 0.5) is 0 Å². The van der Waals surface area contributed by atoms with Gasteiger partial charge in [-0.2, -0.15) is 0 Å². The molecule has 1 atom stereocenters. The first-order valence-electron chi connectivity index (χ1n) is 3.61. The average Bonchev–Trinajstić information content (AvgIpc) is 2.52. The van der Waals surface area contributed by atoms with Gasteiger partial charge in [-0.3, -0.25) is 4.79 Å². The number of amides is 1. The maximum absolute atomic E-state index is 11.3. The van der Waals surface area contributed by atoms with E-state index in [0.29, 0.717) is 5.57 Å². The Balaban J connectivity index is 2.35. The van der Waals surface area contributed by atoms with E-state index in [1.807, 2.05) is 18.4 Å². The highest BCUT2D eigenvalue weighted by molar-refractivity contribution is 7.99. The summed E-state index contributed by atoms with van der Waals surface area (Å²) in [6, 6.07) is 0. The SMILES string of the molecule is CSC1N=C2C=CC=C2C(=O)N1. The first-order valence-corrected chi connectivity index (χ1v) is 4.90. The number of fused-ring (bicyclic) bond motifs is 1. The molecule has 12 heavy (non-hydrogen) atoms. The molecule has 0 saturated heterocycles. The summed E-state index contributed by atoms with van der Waals surface area (Å²) in [7, 11) is 0. The second kappa shape index (κ2) is 2.79. The molecule has 0 spiro atoms. The zero-order chi connectivity index (χ0) is 8.55. The average molecular weight is 180 g/mol. The van der Waals surface area contributed by atoms with Gasteiger partial charge in [0.25, 0.3) is 5.91 Å². The summed E-state index contributed by atoms with van der Waals surface area (Å²) in [4.78, 5) is 15.6. The molecule has 2 aliphatic rings. The normalized spacial score (nSPS) is 26.1. The molecule has 1 amide bonds. The van der Waals surface area contributed by atoms with Crippen molar-refractivity contribution >= 4 is 23.4 Å². The lowest BCUT2D eigenvalue weighted by Gasteiger charge is -2.18. The fraction of sp³-hybridized carbons (Fsp3) is 0.250. The quantitative estimate of drug-likeness (QED) is 0.645. The molecule has 2 rings (SSSR count). The summed E-state index contributed by atoms with van der Waals surface area (Å²) in [6.07, 6.45) is 7.40. The van der Waals surface area contributed by atoms with Crippen LogP contribution in [0.3, 0.4) is 0 Å². The first-order chi connectivity index (χ1) is 5.81.